The monoisotopic (exact) mass is 201 g/mol. The fourth-order valence-corrected chi connectivity index (χ4v) is 1.15. The van der Waals surface area contributed by atoms with Gasteiger partial charge in [0.1, 0.15) is 11.6 Å². The van der Waals surface area contributed by atoms with Crippen molar-refractivity contribution < 1.29 is 0 Å². The van der Waals surface area contributed by atoms with Crippen molar-refractivity contribution in [3.8, 4) is 0 Å². The van der Waals surface area contributed by atoms with Gasteiger partial charge in [0.05, 0.1) is 12.2 Å². The number of pyridine rings is 1. The minimum atomic E-state index is 0.480. The average Bonchev–Trinajstić information content (AvgIpc) is 2.28. The van der Waals surface area contributed by atoms with Gasteiger partial charge in [-0.05, 0) is 18.2 Å². The lowest BCUT2D eigenvalue weighted by Gasteiger charge is -2.04. The molecule has 2 heterocycles. The summed E-state index contributed by atoms with van der Waals surface area (Å²) in [4.78, 5) is 12.1. The zero-order chi connectivity index (χ0) is 10.5. The first-order valence-corrected chi connectivity index (χ1v) is 4.56. The third-order valence-electron chi connectivity index (χ3n) is 1.84. The second kappa shape index (κ2) is 4.36. The van der Waals surface area contributed by atoms with Crippen LogP contribution in [-0.4, -0.2) is 15.0 Å². The van der Waals surface area contributed by atoms with Gasteiger partial charge in [0.25, 0.3) is 0 Å². The molecular weight excluding hydrogens is 190 g/mol. The van der Waals surface area contributed by atoms with Gasteiger partial charge in [0.2, 0.25) is 0 Å². The molecule has 5 nitrogen and oxygen atoms in total. The Bertz CT molecular complexity index is 429. The molecule has 0 aliphatic rings. The highest BCUT2D eigenvalue weighted by Crippen LogP contribution is 2.04. The summed E-state index contributed by atoms with van der Waals surface area (Å²) in [5.41, 5.74) is 6.47. The third kappa shape index (κ3) is 2.63. The molecule has 2 aromatic rings. The average molecular weight is 201 g/mol. The molecule has 5 heteroatoms. The van der Waals surface area contributed by atoms with Gasteiger partial charge in [-0.3, -0.25) is 4.98 Å². The van der Waals surface area contributed by atoms with Gasteiger partial charge in [0, 0.05) is 18.6 Å². The van der Waals surface area contributed by atoms with Crippen molar-refractivity contribution in [1.29, 1.82) is 0 Å². The van der Waals surface area contributed by atoms with E-state index in [1.807, 2.05) is 12.1 Å². The van der Waals surface area contributed by atoms with Crippen LogP contribution in [0.3, 0.4) is 0 Å². The van der Waals surface area contributed by atoms with Crippen molar-refractivity contribution in [2.45, 2.75) is 6.54 Å². The second-order valence-corrected chi connectivity index (χ2v) is 2.99. The Labute approximate surface area is 87.4 Å². The summed E-state index contributed by atoms with van der Waals surface area (Å²) in [5, 5.41) is 3.15. The normalized spacial score (nSPS) is 9.87. The lowest BCUT2D eigenvalue weighted by molar-refractivity contribution is 0.953. The van der Waals surface area contributed by atoms with E-state index in [2.05, 4.69) is 20.3 Å². The number of hydrogen-bond acceptors (Lipinski definition) is 5. The van der Waals surface area contributed by atoms with Crippen LogP contribution in [0.2, 0.25) is 0 Å². The molecule has 2 aromatic heterocycles. The molecule has 0 fully saturated rings. The maximum atomic E-state index is 5.54. The van der Waals surface area contributed by atoms with Gasteiger partial charge in [-0.2, -0.15) is 0 Å². The molecule has 0 amide bonds. The van der Waals surface area contributed by atoms with Gasteiger partial charge >= 0.3 is 0 Å². The van der Waals surface area contributed by atoms with E-state index in [0.717, 1.165) is 5.69 Å². The fourth-order valence-electron chi connectivity index (χ4n) is 1.15. The summed E-state index contributed by atoms with van der Waals surface area (Å²) in [7, 11) is 0. The molecule has 0 aromatic carbocycles. The molecule has 0 aliphatic heterocycles. The molecule has 0 radical (unpaired) electrons. The number of nitrogens with one attached hydrogen (secondary N) is 1. The first kappa shape index (κ1) is 9.39. The van der Waals surface area contributed by atoms with E-state index in [-0.39, 0.29) is 0 Å². The number of nitrogens with two attached hydrogens (primary N) is 1. The number of aromatic nitrogens is 3. The Kier molecular flexibility index (Phi) is 2.73. The molecular formula is C10H11N5. The van der Waals surface area contributed by atoms with Crippen LogP contribution in [0.4, 0.5) is 11.5 Å². The minimum absolute atomic E-state index is 0.480. The summed E-state index contributed by atoms with van der Waals surface area (Å²) >= 11 is 0. The van der Waals surface area contributed by atoms with Crippen molar-refractivity contribution in [3.05, 3.63) is 42.6 Å². The van der Waals surface area contributed by atoms with E-state index in [9.17, 15) is 0 Å². The highest BCUT2D eigenvalue weighted by Gasteiger charge is 1.96. The van der Waals surface area contributed by atoms with E-state index in [4.69, 9.17) is 5.73 Å². The zero-order valence-corrected chi connectivity index (χ0v) is 8.09. The molecule has 0 bridgehead atoms. The lowest BCUT2D eigenvalue weighted by atomic mass is 10.4. The van der Waals surface area contributed by atoms with Crippen LogP contribution < -0.4 is 11.1 Å². The molecule has 0 aliphatic carbocycles. The summed E-state index contributed by atoms with van der Waals surface area (Å²) in [6.07, 6.45) is 5.11. The lowest BCUT2D eigenvalue weighted by Crippen LogP contribution is -2.05. The Balaban J connectivity index is 1.99. The standard InChI is InChI=1S/C10H11N5/c11-9-3-5-13-10(15-9)7-14-8-2-1-4-12-6-8/h1-6,14H,7H2,(H2,11,13,15). The molecule has 2 rings (SSSR count). The van der Waals surface area contributed by atoms with Crippen molar-refractivity contribution in [3.63, 3.8) is 0 Å². The highest BCUT2D eigenvalue weighted by molar-refractivity contribution is 5.39. The van der Waals surface area contributed by atoms with Crippen LogP contribution in [0.15, 0.2) is 36.8 Å². The molecule has 0 saturated heterocycles. The second-order valence-electron chi connectivity index (χ2n) is 2.99. The van der Waals surface area contributed by atoms with E-state index >= 15 is 0 Å². The molecule has 15 heavy (non-hydrogen) atoms. The minimum Gasteiger partial charge on any atom is -0.384 e. The fraction of sp³-hybridized carbons (Fsp3) is 0.100. The first-order chi connectivity index (χ1) is 7.34. The Hall–Kier alpha value is -2.17. The van der Waals surface area contributed by atoms with Gasteiger partial charge in [-0.15, -0.1) is 0 Å². The molecule has 0 spiro atoms. The number of anilines is 2. The summed E-state index contributed by atoms with van der Waals surface area (Å²) in [5.74, 6) is 1.15. The van der Waals surface area contributed by atoms with Crippen molar-refractivity contribution >= 4 is 11.5 Å². The summed E-state index contributed by atoms with van der Waals surface area (Å²) in [6.45, 7) is 0.538. The van der Waals surface area contributed by atoms with Crippen LogP contribution in [0.5, 0.6) is 0 Å². The van der Waals surface area contributed by atoms with Crippen molar-refractivity contribution in [2.75, 3.05) is 11.1 Å². The van der Waals surface area contributed by atoms with Crippen molar-refractivity contribution in [1.82, 2.24) is 15.0 Å². The molecule has 0 atom stereocenters. The van der Waals surface area contributed by atoms with Gasteiger partial charge in [0.15, 0.2) is 0 Å². The van der Waals surface area contributed by atoms with Crippen LogP contribution >= 0.6 is 0 Å². The topological polar surface area (TPSA) is 76.7 Å². The molecule has 76 valence electrons. The molecule has 0 saturated carbocycles. The maximum Gasteiger partial charge on any atom is 0.149 e. The van der Waals surface area contributed by atoms with Crippen LogP contribution in [0.25, 0.3) is 0 Å². The molecule has 0 unspecified atom stereocenters. The van der Waals surface area contributed by atoms with Gasteiger partial charge < -0.3 is 11.1 Å². The quantitative estimate of drug-likeness (QED) is 0.776. The Morgan fingerprint density at radius 1 is 1.27 bits per heavy atom. The predicted octanol–water partition coefficient (Wildman–Crippen LogP) is 1.07. The van der Waals surface area contributed by atoms with Crippen molar-refractivity contribution in [2.24, 2.45) is 0 Å². The van der Waals surface area contributed by atoms with E-state index < -0.39 is 0 Å². The maximum absolute atomic E-state index is 5.54. The van der Waals surface area contributed by atoms with E-state index in [1.54, 1.807) is 24.7 Å². The number of rotatable bonds is 3. The van der Waals surface area contributed by atoms with E-state index in [0.29, 0.717) is 18.2 Å². The third-order valence-corrected chi connectivity index (χ3v) is 1.84. The van der Waals surface area contributed by atoms with Crippen LogP contribution in [-0.2, 0) is 6.54 Å². The van der Waals surface area contributed by atoms with Crippen LogP contribution in [0, 0.1) is 0 Å². The summed E-state index contributed by atoms with van der Waals surface area (Å²) in [6, 6.07) is 5.45. The zero-order valence-electron chi connectivity index (χ0n) is 8.09. The predicted molar refractivity (Wildman–Crippen MR) is 58.0 cm³/mol. The van der Waals surface area contributed by atoms with Gasteiger partial charge in [-0.25, -0.2) is 9.97 Å². The largest absolute Gasteiger partial charge is 0.384 e. The first-order valence-electron chi connectivity index (χ1n) is 4.56. The van der Waals surface area contributed by atoms with E-state index in [1.165, 1.54) is 0 Å². The van der Waals surface area contributed by atoms with Gasteiger partial charge in [-0.1, -0.05) is 0 Å². The number of hydrogen-bond donors (Lipinski definition) is 2. The number of nitrogens with zero attached hydrogens (tertiary/aromatic N) is 3. The Morgan fingerprint density at radius 2 is 2.20 bits per heavy atom. The highest BCUT2D eigenvalue weighted by atomic mass is 15.0. The summed E-state index contributed by atoms with van der Waals surface area (Å²) < 4.78 is 0. The SMILES string of the molecule is Nc1ccnc(CNc2cccnc2)n1. The van der Waals surface area contributed by atoms with Crippen LogP contribution in [0.1, 0.15) is 5.82 Å². The smallest absolute Gasteiger partial charge is 0.149 e. The Morgan fingerprint density at radius 3 is 2.93 bits per heavy atom. The molecule has 3 N–H and O–H groups in total. The number of nitrogen functional groups attached to an aromatic ring is 1.